The molecule has 1 aromatic carbocycles. The Bertz CT molecular complexity index is 845. The highest BCUT2D eigenvalue weighted by Crippen LogP contribution is 2.37. The SMILES string of the molecule is C[C@@H](c1nccs1)N(C)[C@@H]1CCC(=O)N(Cc2cc3c(cc2Cl)OCO3)CC1. The molecule has 0 bridgehead atoms. The maximum Gasteiger partial charge on any atom is 0.231 e. The first-order valence-corrected chi connectivity index (χ1v) is 10.8. The number of likely N-dealkylation sites (tertiary alicyclic amines) is 1. The zero-order valence-corrected chi connectivity index (χ0v) is 17.6. The summed E-state index contributed by atoms with van der Waals surface area (Å²) in [4.78, 5) is 21.4. The molecule has 2 aliphatic rings. The number of nitrogens with zero attached hydrogens (tertiary/aromatic N) is 3. The standard InChI is InChI=1S/C20H24ClN3O3S/c1-13(20-22-6-8-28-20)23(2)15-3-4-19(25)24(7-5-15)11-14-9-17-18(10-16(14)21)27-12-26-17/h6,8-10,13,15H,3-5,7,11-12H2,1-2H3/t13-,15+/m0/s1. The first kappa shape index (κ1) is 19.5. The second kappa shape index (κ2) is 8.27. The van der Waals surface area contributed by atoms with Crippen LogP contribution in [-0.4, -0.2) is 47.1 Å². The van der Waals surface area contributed by atoms with Gasteiger partial charge in [0.25, 0.3) is 0 Å². The average molecular weight is 422 g/mol. The van der Waals surface area contributed by atoms with Crippen molar-refractivity contribution in [1.29, 1.82) is 0 Å². The minimum absolute atomic E-state index is 0.173. The normalized spacial score (nSPS) is 20.5. The molecule has 150 valence electrons. The Morgan fingerprint density at radius 3 is 2.89 bits per heavy atom. The lowest BCUT2D eigenvalue weighted by Gasteiger charge is -2.31. The van der Waals surface area contributed by atoms with Gasteiger partial charge in [-0.3, -0.25) is 9.69 Å². The van der Waals surface area contributed by atoms with Crippen molar-refractivity contribution < 1.29 is 14.3 Å². The summed E-state index contributed by atoms with van der Waals surface area (Å²) in [7, 11) is 2.13. The first-order valence-electron chi connectivity index (χ1n) is 9.50. The summed E-state index contributed by atoms with van der Waals surface area (Å²) in [6.45, 7) is 3.59. The second-order valence-corrected chi connectivity index (χ2v) is 8.64. The van der Waals surface area contributed by atoms with Gasteiger partial charge in [-0.05, 0) is 38.4 Å². The third-order valence-corrected chi connectivity index (χ3v) is 6.97. The number of rotatable bonds is 5. The van der Waals surface area contributed by atoms with Gasteiger partial charge in [0.2, 0.25) is 12.7 Å². The fraction of sp³-hybridized carbons (Fsp3) is 0.500. The van der Waals surface area contributed by atoms with Crippen LogP contribution in [0, 0.1) is 0 Å². The van der Waals surface area contributed by atoms with E-state index in [2.05, 4.69) is 23.9 Å². The zero-order chi connectivity index (χ0) is 19.7. The van der Waals surface area contributed by atoms with Crippen LogP contribution in [0.25, 0.3) is 0 Å². The molecular formula is C20H24ClN3O3S. The molecule has 2 aliphatic heterocycles. The van der Waals surface area contributed by atoms with Crippen LogP contribution in [0.5, 0.6) is 11.5 Å². The molecule has 1 saturated heterocycles. The van der Waals surface area contributed by atoms with E-state index in [-0.39, 0.29) is 18.7 Å². The maximum atomic E-state index is 12.7. The molecule has 0 N–H and O–H groups in total. The number of fused-ring (bicyclic) bond motifs is 1. The Morgan fingerprint density at radius 1 is 1.36 bits per heavy atom. The van der Waals surface area contributed by atoms with Crippen LogP contribution < -0.4 is 9.47 Å². The number of hydrogen-bond acceptors (Lipinski definition) is 6. The van der Waals surface area contributed by atoms with Gasteiger partial charge >= 0.3 is 0 Å². The molecule has 1 aromatic heterocycles. The van der Waals surface area contributed by atoms with E-state index in [1.807, 2.05) is 22.5 Å². The van der Waals surface area contributed by atoms with E-state index in [4.69, 9.17) is 21.1 Å². The van der Waals surface area contributed by atoms with Crippen molar-refractivity contribution in [2.75, 3.05) is 20.4 Å². The number of halogens is 1. The van der Waals surface area contributed by atoms with E-state index < -0.39 is 0 Å². The van der Waals surface area contributed by atoms with E-state index in [1.54, 1.807) is 17.4 Å². The highest BCUT2D eigenvalue weighted by molar-refractivity contribution is 7.09. The Balaban J connectivity index is 1.43. The highest BCUT2D eigenvalue weighted by atomic mass is 35.5. The van der Waals surface area contributed by atoms with Crippen LogP contribution in [0.4, 0.5) is 0 Å². The number of thiazole rings is 1. The number of ether oxygens (including phenoxy) is 2. The van der Waals surface area contributed by atoms with Crippen molar-refractivity contribution in [1.82, 2.24) is 14.8 Å². The minimum atomic E-state index is 0.173. The number of carbonyl (C=O) groups is 1. The van der Waals surface area contributed by atoms with Crippen molar-refractivity contribution in [2.24, 2.45) is 0 Å². The molecule has 2 atom stereocenters. The van der Waals surface area contributed by atoms with Crippen molar-refractivity contribution in [3.63, 3.8) is 0 Å². The van der Waals surface area contributed by atoms with Gasteiger partial charge in [-0.1, -0.05) is 11.6 Å². The molecule has 4 rings (SSSR count). The molecule has 28 heavy (non-hydrogen) atoms. The predicted octanol–water partition coefficient (Wildman–Crippen LogP) is 4.10. The molecule has 3 heterocycles. The van der Waals surface area contributed by atoms with Crippen LogP contribution in [0.1, 0.15) is 42.8 Å². The van der Waals surface area contributed by atoms with Gasteiger partial charge < -0.3 is 14.4 Å². The lowest BCUT2D eigenvalue weighted by Crippen LogP contribution is -2.35. The van der Waals surface area contributed by atoms with E-state index in [1.165, 1.54) is 0 Å². The first-order chi connectivity index (χ1) is 13.5. The van der Waals surface area contributed by atoms with Crippen LogP contribution in [0.2, 0.25) is 5.02 Å². The lowest BCUT2D eigenvalue weighted by atomic mass is 10.1. The summed E-state index contributed by atoms with van der Waals surface area (Å²) in [6.07, 6.45) is 4.18. The maximum absolute atomic E-state index is 12.7. The van der Waals surface area contributed by atoms with E-state index in [0.29, 0.717) is 42.1 Å². The number of amides is 1. The third kappa shape index (κ3) is 3.97. The van der Waals surface area contributed by atoms with Crippen molar-refractivity contribution in [2.45, 2.75) is 44.8 Å². The molecule has 0 unspecified atom stereocenters. The summed E-state index contributed by atoms with van der Waals surface area (Å²) >= 11 is 8.08. The highest BCUT2D eigenvalue weighted by Gasteiger charge is 2.29. The number of carbonyl (C=O) groups excluding carboxylic acids is 1. The van der Waals surface area contributed by atoms with Crippen LogP contribution in [0.15, 0.2) is 23.7 Å². The molecule has 1 amide bonds. The molecule has 8 heteroatoms. The largest absolute Gasteiger partial charge is 0.454 e. The minimum Gasteiger partial charge on any atom is -0.454 e. The van der Waals surface area contributed by atoms with Gasteiger partial charge in [-0.25, -0.2) is 4.98 Å². The summed E-state index contributed by atoms with van der Waals surface area (Å²) in [5, 5.41) is 3.72. The van der Waals surface area contributed by atoms with E-state index in [0.717, 1.165) is 23.4 Å². The molecule has 2 aromatic rings. The van der Waals surface area contributed by atoms with Crippen LogP contribution in [0.3, 0.4) is 0 Å². The van der Waals surface area contributed by atoms with Crippen LogP contribution >= 0.6 is 22.9 Å². The summed E-state index contributed by atoms with van der Waals surface area (Å²) in [5.41, 5.74) is 0.891. The molecule has 1 fully saturated rings. The monoisotopic (exact) mass is 421 g/mol. The third-order valence-electron chi connectivity index (χ3n) is 5.67. The fourth-order valence-electron chi connectivity index (χ4n) is 3.81. The van der Waals surface area contributed by atoms with Gasteiger partial charge in [0.15, 0.2) is 11.5 Å². The lowest BCUT2D eigenvalue weighted by molar-refractivity contribution is -0.131. The van der Waals surface area contributed by atoms with Crippen molar-refractivity contribution in [3.05, 3.63) is 39.3 Å². The van der Waals surface area contributed by atoms with Gasteiger partial charge in [-0.2, -0.15) is 0 Å². The van der Waals surface area contributed by atoms with Gasteiger partial charge in [-0.15, -0.1) is 11.3 Å². The number of aromatic nitrogens is 1. The number of hydrogen-bond donors (Lipinski definition) is 0. The van der Waals surface area contributed by atoms with Gasteiger partial charge in [0.05, 0.1) is 6.04 Å². The van der Waals surface area contributed by atoms with Gasteiger partial charge in [0, 0.05) is 48.2 Å². The second-order valence-electron chi connectivity index (χ2n) is 7.31. The molecule has 6 nitrogen and oxygen atoms in total. The van der Waals surface area contributed by atoms with Crippen molar-refractivity contribution >= 4 is 28.8 Å². The smallest absolute Gasteiger partial charge is 0.231 e. The Kier molecular flexibility index (Phi) is 5.75. The van der Waals surface area contributed by atoms with Crippen molar-refractivity contribution in [3.8, 4) is 11.5 Å². The van der Waals surface area contributed by atoms with E-state index >= 15 is 0 Å². The van der Waals surface area contributed by atoms with Crippen LogP contribution in [-0.2, 0) is 11.3 Å². The molecule has 0 spiro atoms. The Hall–Kier alpha value is -1.83. The molecular weight excluding hydrogens is 398 g/mol. The molecule has 0 saturated carbocycles. The average Bonchev–Trinajstić information content (AvgIpc) is 3.34. The topological polar surface area (TPSA) is 54.9 Å². The summed E-state index contributed by atoms with van der Waals surface area (Å²) < 4.78 is 10.8. The molecule has 0 aliphatic carbocycles. The summed E-state index contributed by atoms with van der Waals surface area (Å²) in [6, 6.07) is 4.25. The Labute approximate surface area is 174 Å². The number of benzene rings is 1. The zero-order valence-electron chi connectivity index (χ0n) is 16.1. The predicted molar refractivity (Wildman–Crippen MR) is 109 cm³/mol. The summed E-state index contributed by atoms with van der Waals surface area (Å²) in [5.74, 6) is 1.52. The van der Waals surface area contributed by atoms with E-state index in [9.17, 15) is 4.79 Å². The molecule has 0 radical (unpaired) electrons. The fourth-order valence-corrected chi connectivity index (χ4v) is 4.77. The quantitative estimate of drug-likeness (QED) is 0.727. The Morgan fingerprint density at radius 2 is 2.14 bits per heavy atom. The van der Waals surface area contributed by atoms with Gasteiger partial charge in [0.1, 0.15) is 5.01 Å².